The maximum absolute atomic E-state index is 12.9. The summed E-state index contributed by atoms with van der Waals surface area (Å²) in [6.07, 6.45) is 3.13. The second kappa shape index (κ2) is 8.88. The normalized spacial score (nSPS) is 22.5. The Balaban J connectivity index is 1.52. The van der Waals surface area contributed by atoms with Crippen molar-refractivity contribution in [3.63, 3.8) is 0 Å². The monoisotopic (exact) mass is 418 g/mol. The van der Waals surface area contributed by atoms with Crippen LogP contribution in [0.1, 0.15) is 27.4 Å². The molecule has 31 heavy (non-hydrogen) atoms. The number of rotatable bonds is 4. The number of aliphatic hydroxyl groups is 1. The van der Waals surface area contributed by atoms with E-state index in [9.17, 15) is 14.7 Å². The van der Waals surface area contributed by atoms with Gasteiger partial charge < -0.3 is 14.9 Å². The molecule has 0 aliphatic carbocycles. The highest BCUT2D eigenvalue weighted by Gasteiger charge is 2.54. The predicted octanol–water partition coefficient (Wildman–Crippen LogP) is 0.806. The predicted molar refractivity (Wildman–Crippen MR) is 116 cm³/mol. The molecule has 7 nitrogen and oxygen atoms in total. The number of fused-ring (bicyclic) bond motifs is 1. The summed E-state index contributed by atoms with van der Waals surface area (Å²) in [6, 6.07) is 11.0. The quantitative estimate of drug-likeness (QED) is 0.744. The van der Waals surface area contributed by atoms with Gasteiger partial charge >= 0.3 is 0 Å². The first kappa shape index (κ1) is 21.0. The Bertz CT molecular complexity index is 1010. The molecule has 7 heteroatoms. The summed E-state index contributed by atoms with van der Waals surface area (Å²) >= 11 is 0. The minimum Gasteiger partial charge on any atom is -0.394 e. The average molecular weight is 418 g/mol. The van der Waals surface area contributed by atoms with Crippen LogP contribution in [0.2, 0.25) is 0 Å². The van der Waals surface area contributed by atoms with Crippen molar-refractivity contribution in [2.75, 3.05) is 40.3 Å². The standard InChI is InChI=1S/C24H26N4O3/c1-26(2)12-4-5-17-7-9-18(10-8-17)23-20-14-27(15-22(30)28(20)21(23)16-29)24(31)19-6-3-11-25-13-19/h3,6-11,13,20-21,23,29H,12,14-16H2,1-2H3/t20-,21-,23-/m0/s1. The van der Waals surface area contributed by atoms with Gasteiger partial charge in [0.1, 0.15) is 6.54 Å². The van der Waals surface area contributed by atoms with Gasteiger partial charge in [-0.3, -0.25) is 19.5 Å². The molecule has 0 unspecified atom stereocenters. The molecule has 1 N–H and O–H groups in total. The molecule has 0 radical (unpaired) electrons. The van der Waals surface area contributed by atoms with Gasteiger partial charge in [0.05, 0.1) is 30.8 Å². The molecule has 2 amide bonds. The van der Waals surface area contributed by atoms with E-state index < -0.39 is 0 Å². The molecule has 4 rings (SSSR count). The lowest BCUT2D eigenvalue weighted by Crippen LogP contribution is -2.73. The van der Waals surface area contributed by atoms with Gasteiger partial charge in [0.2, 0.25) is 5.91 Å². The van der Waals surface area contributed by atoms with Crippen LogP contribution < -0.4 is 0 Å². The van der Waals surface area contributed by atoms with Gasteiger partial charge in [-0.25, -0.2) is 0 Å². The number of piperazine rings is 1. The van der Waals surface area contributed by atoms with Crippen molar-refractivity contribution in [3.05, 3.63) is 65.5 Å². The summed E-state index contributed by atoms with van der Waals surface area (Å²) < 4.78 is 0. The lowest BCUT2D eigenvalue weighted by Gasteiger charge is -2.58. The van der Waals surface area contributed by atoms with Crippen molar-refractivity contribution in [2.24, 2.45) is 0 Å². The fraction of sp³-hybridized carbons (Fsp3) is 0.375. The molecule has 160 valence electrons. The van der Waals surface area contributed by atoms with Crippen molar-refractivity contribution in [2.45, 2.75) is 18.0 Å². The number of carbonyl (C=O) groups excluding carboxylic acids is 2. The summed E-state index contributed by atoms with van der Waals surface area (Å²) in [5.74, 6) is 5.91. The molecule has 3 heterocycles. The van der Waals surface area contributed by atoms with Crippen molar-refractivity contribution >= 4 is 11.8 Å². The molecular formula is C24H26N4O3. The fourth-order valence-electron chi connectivity index (χ4n) is 4.41. The van der Waals surface area contributed by atoms with Gasteiger partial charge in [-0.1, -0.05) is 24.0 Å². The van der Waals surface area contributed by atoms with Crippen molar-refractivity contribution in [1.29, 1.82) is 0 Å². The van der Waals surface area contributed by atoms with Gasteiger partial charge in [-0.05, 0) is 43.9 Å². The summed E-state index contributed by atoms with van der Waals surface area (Å²) in [6.45, 7) is 1.05. The van der Waals surface area contributed by atoms with Gasteiger partial charge in [0.15, 0.2) is 0 Å². The van der Waals surface area contributed by atoms with Gasteiger partial charge in [-0.2, -0.15) is 0 Å². The third-order valence-corrected chi connectivity index (χ3v) is 5.87. The number of aliphatic hydroxyl groups excluding tert-OH is 1. The van der Waals surface area contributed by atoms with Crippen LogP contribution in [-0.2, 0) is 4.79 Å². The third kappa shape index (κ3) is 4.18. The van der Waals surface area contributed by atoms with E-state index in [4.69, 9.17) is 0 Å². The van der Waals surface area contributed by atoms with Crippen LogP contribution in [0.25, 0.3) is 0 Å². The number of aromatic nitrogens is 1. The van der Waals surface area contributed by atoms with Crippen molar-refractivity contribution < 1.29 is 14.7 Å². The minimum atomic E-state index is -0.265. The highest BCUT2D eigenvalue weighted by Crippen LogP contribution is 2.43. The minimum absolute atomic E-state index is 0.0217. The molecule has 2 fully saturated rings. The third-order valence-electron chi connectivity index (χ3n) is 5.87. The molecule has 2 aromatic rings. The van der Waals surface area contributed by atoms with Gasteiger partial charge in [-0.15, -0.1) is 0 Å². The Morgan fingerprint density at radius 3 is 2.68 bits per heavy atom. The van der Waals surface area contributed by atoms with E-state index in [1.165, 1.54) is 6.20 Å². The van der Waals surface area contributed by atoms with Crippen LogP contribution in [0.15, 0.2) is 48.8 Å². The number of hydrogen-bond acceptors (Lipinski definition) is 5. The Labute approximate surface area is 182 Å². The first-order chi connectivity index (χ1) is 15.0. The largest absolute Gasteiger partial charge is 0.394 e. The van der Waals surface area contributed by atoms with Crippen LogP contribution in [0, 0.1) is 11.8 Å². The molecule has 0 bridgehead atoms. The lowest BCUT2D eigenvalue weighted by atomic mass is 9.73. The second-order valence-electron chi connectivity index (χ2n) is 8.23. The number of pyridine rings is 1. The zero-order chi connectivity index (χ0) is 22.0. The van der Waals surface area contributed by atoms with E-state index in [1.807, 2.05) is 43.3 Å². The molecule has 1 aromatic carbocycles. The number of benzene rings is 1. The first-order valence-electron chi connectivity index (χ1n) is 10.3. The fourth-order valence-corrected chi connectivity index (χ4v) is 4.41. The Kier molecular flexibility index (Phi) is 6.03. The molecule has 0 saturated carbocycles. The second-order valence-corrected chi connectivity index (χ2v) is 8.23. The van der Waals surface area contributed by atoms with E-state index in [0.29, 0.717) is 18.7 Å². The maximum Gasteiger partial charge on any atom is 0.255 e. The molecule has 2 aliphatic heterocycles. The lowest BCUT2D eigenvalue weighted by molar-refractivity contribution is -0.159. The van der Waals surface area contributed by atoms with Crippen molar-refractivity contribution in [3.8, 4) is 11.8 Å². The summed E-state index contributed by atoms with van der Waals surface area (Å²) in [5, 5.41) is 9.94. The summed E-state index contributed by atoms with van der Waals surface area (Å²) in [7, 11) is 3.95. The maximum atomic E-state index is 12.9. The molecule has 0 spiro atoms. The molecule has 2 saturated heterocycles. The topological polar surface area (TPSA) is 77.0 Å². The number of carbonyl (C=O) groups is 2. The van der Waals surface area contributed by atoms with Crippen LogP contribution in [-0.4, -0.2) is 89.0 Å². The molecule has 3 atom stereocenters. The average Bonchev–Trinajstić information content (AvgIpc) is 2.76. The number of nitrogens with zero attached hydrogens (tertiary/aromatic N) is 4. The van der Waals surface area contributed by atoms with Crippen LogP contribution in [0.5, 0.6) is 0 Å². The molecular weight excluding hydrogens is 392 g/mol. The Hall–Kier alpha value is -3.21. The van der Waals surface area contributed by atoms with Crippen LogP contribution in [0.3, 0.4) is 0 Å². The van der Waals surface area contributed by atoms with E-state index in [1.54, 1.807) is 28.1 Å². The molecule has 1 aromatic heterocycles. The zero-order valence-corrected chi connectivity index (χ0v) is 17.7. The Morgan fingerprint density at radius 1 is 1.26 bits per heavy atom. The smallest absolute Gasteiger partial charge is 0.255 e. The first-order valence-corrected chi connectivity index (χ1v) is 10.3. The van der Waals surface area contributed by atoms with E-state index >= 15 is 0 Å². The van der Waals surface area contributed by atoms with E-state index in [-0.39, 0.29) is 43.0 Å². The van der Waals surface area contributed by atoms with E-state index in [0.717, 1.165) is 11.1 Å². The number of hydrogen-bond donors (Lipinski definition) is 1. The molecule has 2 aliphatic rings. The van der Waals surface area contributed by atoms with Gasteiger partial charge in [0, 0.05) is 30.4 Å². The SMILES string of the molecule is CN(C)CC#Cc1ccc([C@@H]2[C@H](CO)N3C(=O)CN(C(=O)c4cccnc4)C[C@@H]23)cc1. The summed E-state index contributed by atoms with van der Waals surface area (Å²) in [4.78, 5) is 35.0. The van der Waals surface area contributed by atoms with Crippen LogP contribution >= 0.6 is 0 Å². The highest BCUT2D eigenvalue weighted by atomic mass is 16.3. The van der Waals surface area contributed by atoms with Gasteiger partial charge in [0.25, 0.3) is 5.91 Å². The summed E-state index contributed by atoms with van der Waals surface area (Å²) in [5.41, 5.74) is 2.44. The van der Waals surface area contributed by atoms with E-state index in [2.05, 4.69) is 16.8 Å². The zero-order valence-electron chi connectivity index (χ0n) is 17.7. The Morgan fingerprint density at radius 2 is 2.03 bits per heavy atom. The van der Waals surface area contributed by atoms with Crippen molar-refractivity contribution in [1.82, 2.24) is 19.7 Å². The highest BCUT2D eigenvalue weighted by molar-refractivity contribution is 5.97. The van der Waals surface area contributed by atoms with Crippen LogP contribution in [0.4, 0.5) is 0 Å². The number of amides is 2.